The quantitative estimate of drug-likeness (QED) is 0.543. The molecule has 2 unspecified atom stereocenters. The minimum Gasteiger partial charge on any atom is -0.396 e. The van der Waals surface area contributed by atoms with Gasteiger partial charge < -0.3 is 20.6 Å². The molecule has 0 radical (unpaired) electrons. The van der Waals surface area contributed by atoms with Crippen LogP contribution in [0.15, 0.2) is 42.5 Å². The molecule has 0 saturated carbocycles. The predicted molar refractivity (Wildman–Crippen MR) is 129 cm³/mol. The van der Waals surface area contributed by atoms with Gasteiger partial charge in [-0.1, -0.05) is 30.3 Å². The lowest BCUT2D eigenvalue weighted by atomic mass is 9.71. The first-order valence-corrected chi connectivity index (χ1v) is 12.5. The predicted octanol–water partition coefficient (Wildman–Crippen LogP) is 2.39. The molecule has 0 aliphatic carbocycles. The molecule has 2 aromatic carbocycles. The van der Waals surface area contributed by atoms with E-state index in [9.17, 15) is 19.5 Å². The van der Waals surface area contributed by atoms with E-state index in [0.717, 1.165) is 23.6 Å². The second-order valence-electron chi connectivity index (χ2n) is 9.18. The number of likely N-dealkylation sites (tertiary alicyclic amines) is 1. The van der Waals surface area contributed by atoms with E-state index in [2.05, 4.69) is 10.6 Å². The normalized spacial score (nSPS) is 30.0. The topological polar surface area (TPSA) is 98.7 Å². The lowest BCUT2D eigenvalue weighted by Gasteiger charge is -2.34. The molecule has 1 spiro atoms. The van der Waals surface area contributed by atoms with Gasteiger partial charge in [0, 0.05) is 31.1 Å². The third kappa shape index (κ3) is 3.51. The first kappa shape index (κ1) is 22.2. The van der Waals surface area contributed by atoms with Crippen molar-refractivity contribution in [3.63, 3.8) is 0 Å². The van der Waals surface area contributed by atoms with E-state index in [1.165, 1.54) is 0 Å². The van der Waals surface area contributed by atoms with Crippen LogP contribution in [0.25, 0.3) is 10.8 Å². The van der Waals surface area contributed by atoms with Gasteiger partial charge in [0.25, 0.3) is 0 Å². The fourth-order valence-electron chi connectivity index (χ4n) is 6.03. The molecule has 8 heteroatoms. The Kier molecular flexibility index (Phi) is 5.82. The average Bonchev–Trinajstić information content (AvgIpc) is 3.46. The highest BCUT2D eigenvalue weighted by atomic mass is 32.2. The summed E-state index contributed by atoms with van der Waals surface area (Å²) in [5.74, 6) is -1.30. The van der Waals surface area contributed by atoms with Crippen molar-refractivity contribution in [2.24, 2.45) is 11.8 Å². The molecule has 3 aliphatic heterocycles. The summed E-state index contributed by atoms with van der Waals surface area (Å²) in [7, 11) is 1.61. The number of thioether (sulfide) groups is 1. The molecule has 3 fully saturated rings. The average molecular weight is 468 g/mol. The fourth-order valence-corrected chi connectivity index (χ4v) is 8.25. The number of anilines is 1. The molecule has 2 bridgehead atoms. The highest BCUT2D eigenvalue weighted by Crippen LogP contribution is 2.66. The Hall–Kier alpha value is -2.58. The Labute approximate surface area is 197 Å². The van der Waals surface area contributed by atoms with E-state index >= 15 is 0 Å². The summed E-state index contributed by atoms with van der Waals surface area (Å²) < 4.78 is -0.584. The number of aliphatic hydroxyl groups excluding tert-OH is 1. The summed E-state index contributed by atoms with van der Waals surface area (Å²) >= 11 is 1.66. The van der Waals surface area contributed by atoms with Gasteiger partial charge in [0.15, 0.2) is 0 Å². The van der Waals surface area contributed by atoms with Gasteiger partial charge >= 0.3 is 0 Å². The molecule has 3 aliphatic rings. The van der Waals surface area contributed by atoms with E-state index in [0.29, 0.717) is 25.1 Å². The van der Waals surface area contributed by atoms with Gasteiger partial charge in [0.2, 0.25) is 17.7 Å². The molecule has 2 aromatic rings. The molecule has 0 aromatic heterocycles. The smallest absolute Gasteiger partial charge is 0.248 e. The maximum absolute atomic E-state index is 13.7. The van der Waals surface area contributed by atoms with Crippen molar-refractivity contribution in [3.05, 3.63) is 42.5 Å². The minimum atomic E-state index is -0.634. The molecule has 3 heterocycles. The molecular weight excluding hydrogens is 438 g/mol. The number of nitrogens with zero attached hydrogens (tertiary/aromatic N) is 1. The van der Waals surface area contributed by atoms with Crippen LogP contribution in [0, 0.1) is 11.8 Å². The van der Waals surface area contributed by atoms with Crippen molar-refractivity contribution in [1.82, 2.24) is 10.2 Å². The molecule has 7 nitrogen and oxygen atoms in total. The number of amides is 3. The zero-order chi connectivity index (χ0) is 23.2. The molecule has 3 amide bonds. The maximum Gasteiger partial charge on any atom is 0.248 e. The second kappa shape index (κ2) is 8.65. The molecule has 5 atom stereocenters. The van der Waals surface area contributed by atoms with Crippen LogP contribution < -0.4 is 10.6 Å². The lowest BCUT2D eigenvalue weighted by molar-refractivity contribution is -0.139. The van der Waals surface area contributed by atoms with Gasteiger partial charge in [0.1, 0.15) is 6.04 Å². The SMILES string of the molecule is CNC(=O)[C@@H]1[C@@H]2CCC3(S2)C(C(=O)Nc2ccc4ccccc4c2)N(CCCCO)C(=O)[C@H]13. The number of carbonyl (C=O) groups excluding carboxylic acids is 3. The van der Waals surface area contributed by atoms with E-state index in [1.54, 1.807) is 23.7 Å². The van der Waals surface area contributed by atoms with E-state index in [1.807, 2.05) is 42.5 Å². The minimum absolute atomic E-state index is 0.0439. The van der Waals surface area contributed by atoms with E-state index in [4.69, 9.17) is 0 Å². The second-order valence-corrected chi connectivity index (χ2v) is 10.8. The van der Waals surface area contributed by atoms with Crippen LogP contribution in [0.2, 0.25) is 0 Å². The Morgan fingerprint density at radius 1 is 1.15 bits per heavy atom. The first-order valence-electron chi connectivity index (χ1n) is 11.6. The zero-order valence-electron chi connectivity index (χ0n) is 18.6. The molecule has 5 rings (SSSR count). The van der Waals surface area contributed by atoms with Crippen LogP contribution in [0.5, 0.6) is 0 Å². The van der Waals surface area contributed by atoms with Crippen molar-refractivity contribution in [3.8, 4) is 0 Å². The molecule has 33 heavy (non-hydrogen) atoms. The molecule has 174 valence electrons. The largest absolute Gasteiger partial charge is 0.396 e. The molecule has 3 saturated heterocycles. The standard InChI is InChI=1S/C25H29N3O4S/c1-26-22(30)19-18-10-11-25(33-18)20(19)24(32)28(12-4-5-13-29)21(25)23(31)27-17-9-8-15-6-2-3-7-16(15)14-17/h2-3,6-9,14,18-21,29H,4-5,10-13H2,1H3,(H,26,30)(H,27,31)/t18-,19+,20-,21?,25?/m0/s1. The lowest BCUT2D eigenvalue weighted by Crippen LogP contribution is -2.51. The summed E-state index contributed by atoms with van der Waals surface area (Å²) in [6, 6.07) is 13.1. The Morgan fingerprint density at radius 2 is 1.94 bits per heavy atom. The maximum atomic E-state index is 13.7. The number of hydrogen-bond acceptors (Lipinski definition) is 5. The zero-order valence-corrected chi connectivity index (χ0v) is 19.4. The number of hydrogen-bond donors (Lipinski definition) is 3. The van der Waals surface area contributed by atoms with Gasteiger partial charge in [0.05, 0.1) is 16.6 Å². The first-order chi connectivity index (χ1) is 16.0. The highest BCUT2D eigenvalue weighted by molar-refractivity contribution is 8.02. The number of unbranched alkanes of at least 4 members (excludes halogenated alkanes) is 1. The Bertz CT molecular complexity index is 1110. The number of aliphatic hydroxyl groups is 1. The van der Waals surface area contributed by atoms with Crippen LogP contribution in [0.1, 0.15) is 25.7 Å². The van der Waals surface area contributed by atoms with Crippen molar-refractivity contribution < 1.29 is 19.5 Å². The molecular formula is C25H29N3O4S. The number of benzene rings is 2. The highest BCUT2D eigenvalue weighted by Gasteiger charge is 2.73. The van der Waals surface area contributed by atoms with Gasteiger partial charge in [-0.05, 0) is 48.6 Å². The van der Waals surface area contributed by atoms with Crippen LogP contribution in [-0.2, 0) is 14.4 Å². The molecule has 3 N–H and O–H groups in total. The third-order valence-corrected chi connectivity index (χ3v) is 9.37. The summed E-state index contributed by atoms with van der Waals surface area (Å²) in [5, 5.41) is 17.2. The van der Waals surface area contributed by atoms with Crippen molar-refractivity contribution in [2.45, 2.75) is 41.7 Å². The van der Waals surface area contributed by atoms with Gasteiger partial charge in [-0.3, -0.25) is 14.4 Å². The summed E-state index contributed by atoms with van der Waals surface area (Å²) in [4.78, 5) is 41.8. The third-order valence-electron chi connectivity index (χ3n) is 7.42. The van der Waals surface area contributed by atoms with E-state index in [-0.39, 0.29) is 29.6 Å². The van der Waals surface area contributed by atoms with Crippen molar-refractivity contribution >= 4 is 45.9 Å². The monoisotopic (exact) mass is 467 g/mol. The van der Waals surface area contributed by atoms with Gasteiger partial charge in [-0.2, -0.15) is 0 Å². The van der Waals surface area contributed by atoms with Crippen molar-refractivity contribution in [2.75, 3.05) is 25.5 Å². The fraction of sp³-hybridized carbons (Fsp3) is 0.480. The number of rotatable bonds is 7. The summed E-state index contributed by atoms with van der Waals surface area (Å²) in [5.41, 5.74) is 0.696. The van der Waals surface area contributed by atoms with E-state index < -0.39 is 22.6 Å². The Morgan fingerprint density at radius 3 is 2.70 bits per heavy atom. The van der Waals surface area contributed by atoms with Crippen LogP contribution in [0.3, 0.4) is 0 Å². The van der Waals surface area contributed by atoms with Gasteiger partial charge in [-0.15, -0.1) is 11.8 Å². The summed E-state index contributed by atoms with van der Waals surface area (Å²) in [6.07, 6.45) is 2.76. The van der Waals surface area contributed by atoms with Gasteiger partial charge in [-0.25, -0.2) is 0 Å². The summed E-state index contributed by atoms with van der Waals surface area (Å²) in [6.45, 7) is 0.446. The Balaban J connectivity index is 1.47. The number of nitrogens with one attached hydrogen (secondary N) is 2. The number of carbonyl (C=O) groups is 3. The van der Waals surface area contributed by atoms with Crippen LogP contribution in [-0.4, -0.2) is 64.0 Å². The van der Waals surface area contributed by atoms with Crippen LogP contribution in [0.4, 0.5) is 5.69 Å². The van der Waals surface area contributed by atoms with Crippen LogP contribution >= 0.6 is 11.8 Å². The number of fused-ring (bicyclic) bond motifs is 2. The van der Waals surface area contributed by atoms with Crippen molar-refractivity contribution in [1.29, 1.82) is 0 Å².